The van der Waals surface area contributed by atoms with Gasteiger partial charge in [0.1, 0.15) is 11.9 Å². The van der Waals surface area contributed by atoms with Crippen LogP contribution < -0.4 is 10.6 Å². The maximum absolute atomic E-state index is 9.36. The zero-order valence-corrected chi connectivity index (χ0v) is 11.2. The van der Waals surface area contributed by atoms with Crippen molar-refractivity contribution in [1.82, 2.24) is 4.98 Å². The van der Waals surface area contributed by atoms with Crippen molar-refractivity contribution >= 4 is 5.82 Å². The Hall–Kier alpha value is -1.60. The third kappa shape index (κ3) is 2.43. The second-order valence-electron chi connectivity index (χ2n) is 5.61. The van der Waals surface area contributed by atoms with Crippen LogP contribution in [0.2, 0.25) is 0 Å². The lowest BCUT2D eigenvalue weighted by atomic mass is 9.94. The van der Waals surface area contributed by atoms with Gasteiger partial charge in [-0.2, -0.15) is 5.26 Å². The van der Waals surface area contributed by atoms with E-state index in [1.807, 2.05) is 0 Å². The number of fused-ring (bicyclic) bond motifs is 1. The molecule has 0 spiro atoms. The lowest BCUT2D eigenvalue weighted by Crippen LogP contribution is -2.40. The van der Waals surface area contributed by atoms with Gasteiger partial charge < -0.3 is 10.6 Å². The van der Waals surface area contributed by atoms with Gasteiger partial charge in [0.25, 0.3) is 0 Å². The third-order valence-corrected chi connectivity index (χ3v) is 4.24. The Balaban J connectivity index is 1.93. The van der Waals surface area contributed by atoms with Gasteiger partial charge in [-0.3, -0.25) is 0 Å². The third-order valence-electron chi connectivity index (χ3n) is 4.24. The van der Waals surface area contributed by atoms with Crippen molar-refractivity contribution in [1.29, 1.82) is 5.26 Å². The van der Waals surface area contributed by atoms with Crippen LogP contribution in [0.15, 0.2) is 6.07 Å². The highest BCUT2D eigenvalue weighted by Crippen LogP contribution is 2.27. The monoisotopic (exact) mass is 256 g/mol. The molecule has 1 aliphatic heterocycles. The fourth-order valence-electron chi connectivity index (χ4n) is 3.06. The minimum atomic E-state index is 0.305. The van der Waals surface area contributed by atoms with E-state index < -0.39 is 0 Å². The van der Waals surface area contributed by atoms with Crippen LogP contribution in [0, 0.1) is 11.3 Å². The second-order valence-corrected chi connectivity index (χ2v) is 5.61. The van der Waals surface area contributed by atoms with Gasteiger partial charge in [0.15, 0.2) is 0 Å². The van der Waals surface area contributed by atoms with Crippen LogP contribution in [0.25, 0.3) is 0 Å². The summed E-state index contributed by atoms with van der Waals surface area (Å²) in [5.41, 5.74) is 9.16. The average molecular weight is 256 g/mol. The lowest BCUT2D eigenvalue weighted by molar-refractivity contribution is 0.497. The molecule has 1 saturated heterocycles. The molecule has 4 heteroatoms. The number of hydrogen-bond donors (Lipinski definition) is 1. The van der Waals surface area contributed by atoms with Gasteiger partial charge in [-0.15, -0.1) is 0 Å². The van der Waals surface area contributed by atoms with Gasteiger partial charge in [-0.05, 0) is 50.2 Å². The topological polar surface area (TPSA) is 65.9 Å². The van der Waals surface area contributed by atoms with E-state index in [2.05, 4.69) is 17.0 Å². The zero-order valence-electron chi connectivity index (χ0n) is 11.2. The first-order chi connectivity index (χ1) is 9.28. The fraction of sp³-hybridized carbons (Fsp3) is 0.600. The van der Waals surface area contributed by atoms with E-state index in [0.717, 1.165) is 50.2 Å². The number of hydrogen-bond acceptors (Lipinski definition) is 4. The molecule has 0 amide bonds. The SMILES string of the molecule is N#Cc1cc2c(nc1N1CCC(N)CC1)CCCC2. The van der Waals surface area contributed by atoms with Crippen LogP contribution >= 0.6 is 0 Å². The van der Waals surface area contributed by atoms with Crippen LogP contribution in [0.1, 0.15) is 42.5 Å². The first-order valence-electron chi connectivity index (χ1n) is 7.21. The molecule has 0 unspecified atom stereocenters. The zero-order chi connectivity index (χ0) is 13.2. The maximum Gasteiger partial charge on any atom is 0.146 e. The van der Waals surface area contributed by atoms with Crippen molar-refractivity contribution in [2.24, 2.45) is 5.73 Å². The number of pyridine rings is 1. The van der Waals surface area contributed by atoms with Gasteiger partial charge in [-0.25, -0.2) is 4.98 Å². The summed E-state index contributed by atoms with van der Waals surface area (Å²) in [4.78, 5) is 7.03. The van der Waals surface area contributed by atoms with E-state index in [1.54, 1.807) is 0 Å². The Morgan fingerprint density at radius 3 is 2.74 bits per heavy atom. The molecule has 3 rings (SSSR count). The summed E-state index contributed by atoms with van der Waals surface area (Å²) in [6, 6.07) is 4.68. The first-order valence-corrected chi connectivity index (χ1v) is 7.21. The molecule has 1 aromatic rings. The minimum absolute atomic E-state index is 0.305. The van der Waals surface area contributed by atoms with E-state index in [0.29, 0.717) is 6.04 Å². The molecule has 1 aliphatic carbocycles. The number of nitriles is 1. The summed E-state index contributed by atoms with van der Waals surface area (Å²) in [5, 5.41) is 9.36. The van der Waals surface area contributed by atoms with Gasteiger partial charge in [0.2, 0.25) is 0 Å². The van der Waals surface area contributed by atoms with Crippen molar-refractivity contribution in [3.63, 3.8) is 0 Å². The largest absolute Gasteiger partial charge is 0.355 e. The molecule has 19 heavy (non-hydrogen) atoms. The van der Waals surface area contributed by atoms with Crippen molar-refractivity contribution in [2.45, 2.75) is 44.6 Å². The molecule has 2 aliphatic rings. The molecule has 0 atom stereocenters. The number of piperidine rings is 1. The number of nitrogens with zero attached hydrogens (tertiary/aromatic N) is 3. The molecule has 0 radical (unpaired) electrons. The molecule has 0 saturated carbocycles. The number of anilines is 1. The first kappa shape index (κ1) is 12.4. The summed E-state index contributed by atoms with van der Waals surface area (Å²) in [6.45, 7) is 1.84. The lowest BCUT2D eigenvalue weighted by Gasteiger charge is -2.32. The molecule has 2 heterocycles. The molecule has 100 valence electrons. The summed E-state index contributed by atoms with van der Waals surface area (Å²) >= 11 is 0. The van der Waals surface area contributed by atoms with Gasteiger partial charge in [0.05, 0.1) is 5.56 Å². The quantitative estimate of drug-likeness (QED) is 0.831. The van der Waals surface area contributed by atoms with Crippen LogP contribution in [0.5, 0.6) is 0 Å². The van der Waals surface area contributed by atoms with Crippen molar-refractivity contribution < 1.29 is 0 Å². The van der Waals surface area contributed by atoms with Crippen LogP contribution in [0.3, 0.4) is 0 Å². The highest BCUT2D eigenvalue weighted by Gasteiger charge is 2.22. The summed E-state index contributed by atoms with van der Waals surface area (Å²) < 4.78 is 0. The minimum Gasteiger partial charge on any atom is -0.355 e. The molecule has 0 aromatic carbocycles. The van der Waals surface area contributed by atoms with Gasteiger partial charge in [-0.1, -0.05) is 0 Å². The molecule has 1 fully saturated rings. The van der Waals surface area contributed by atoms with Crippen LogP contribution in [0.4, 0.5) is 5.82 Å². The molecular weight excluding hydrogens is 236 g/mol. The summed E-state index contributed by atoms with van der Waals surface area (Å²) in [5.74, 6) is 0.884. The second kappa shape index (κ2) is 5.18. The van der Waals surface area contributed by atoms with Crippen LogP contribution in [-0.2, 0) is 12.8 Å². The Labute approximate surface area is 114 Å². The Bertz CT molecular complexity index is 510. The van der Waals surface area contributed by atoms with E-state index in [9.17, 15) is 5.26 Å². The highest BCUT2D eigenvalue weighted by molar-refractivity contribution is 5.56. The fourth-order valence-corrected chi connectivity index (χ4v) is 3.06. The Kier molecular flexibility index (Phi) is 3.39. The molecule has 2 N–H and O–H groups in total. The molecule has 0 bridgehead atoms. The molecular formula is C15H20N4. The normalized spacial score (nSPS) is 19.9. The number of aryl methyl sites for hydroxylation is 2. The smallest absolute Gasteiger partial charge is 0.146 e. The summed E-state index contributed by atoms with van der Waals surface area (Å²) in [6.07, 6.45) is 6.55. The Morgan fingerprint density at radius 1 is 1.26 bits per heavy atom. The van der Waals surface area contributed by atoms with Crippen molar-refractivity contribution in [3.05, 3.63) is 22.9 Å². The van der Waals surface area contributed by atoms with Crippen LogP contribution in [-0.4, -0.2) is 24.1 Å². The number of aromatic nitrogens is 1. The Morgan fingerprint density at radius 2 is 2.00 bits per heavy atom. The van der Waals surface area contributed by atoms with E-state index in [-0.39, 0.29) is 0 Å². The van der Waals surface area contributed by atoms with E-state index in [1.165, 1.54) is 24.1 Å². The molecule has 1 aromatic heterocycles. The highest BCUT2D eigenvalue weighted by atomic mass is 15.2. The molecule has 4 nitrogen and oxygen atoms in total. The van der Waals surface area contributed by atoms with E-state index in [4.69, 9.17) is 10.7 Å². The van der Waals surface area contributed by atoms with Gasteiger partial charge in [0, 0.05) is 24.8 Å². The van der Waals surface area contributed by atoms with E-state index >= 15 is 0 Å². The van der Waals surface area contributed by atoms with Crippen molar-refractivity contribution in [2.75, 3.05) is 18.0 Å². The standard InChI is InChI=1S/C15H20N4/c16-10-12-9-11-3-1-2-4-14(11)18-15(12)19-7-5-13(17)6-8-19/h9,13H,1-8,17H2. The van der Waals surface area contributed by atoms with Crippen molar-refractivity contribution in [3.8, 4) is 6.07 Å². The average Bonchev–Trinajstić information content (AvgIpc) is 2.46. The predicted molar refractivity (Wildman–Crippen MR) is 75.0 cm³/mol. The number of rotatable bonds is 1. The number of nitrogens with two attached hydrogens (primary N) is 1. The predicted octanol–water partition coefficient (Wildman–Crippen LogP) is 1.76. The maximum atomic E-state index is 9.36. The summed E-state index contributed by atoms with van der Waals surface area (Å²) in [7, 11) is 0. The van der Waals surface area contributed by atoms with Gasteiger partial charge >= 0.3 is 0 Å².